The first-order valence-electron chi connectivity index (χ1n) is 9.35. The zero-order valence-electron chi connectivity index (χ0n) is 15.3. The number of hydrogen-bond donors (Lipinski definition) is 3. The van der Waals surface area contributed by atoms with Gasteiger partial charge in [-0.15, -0.1) is 0 Å². The van der Waals surface area contributed by atoms with Crippen molar-refractivity contribution in [2.45, 2.75) is 84.7 Å². The third-order valence-corrected chi connectivity index (χ3v) is 4.05. The molecule has 0 fully saturated rings. The molecule has 0 aromatic carbocycles. The van der Waals surface area contributed by atoms with Gasteiger partial charge in [-0.2, -0.15) is 0 Å². The number of rotatable bonds is 16. The molecule has 3 N–H and O–H groups in total. The average molecular weight is 314 g/mol. The van der Waals surface area contributed by atoms with Crippen LogP contribution in [-0.2, 0) is 4.79 Å². The Morgan fingerprint density at radius 3 is 2.18 bits per heavy atom. The van der Waals surface area contributed by atoms with E-state index >= 15 is 0 Å². The van der Waals surface area contributed by atoms with Crippen LogP contribution in [-0.4, -0.2) is 44.0 Å². The van der Waals surface area contributed by atoms with E-state index in [1.54, 1.807) is 0 Å². The SMILES string of the molecule is CCNCCCCC(NCC)C(=O)CCCCC(C)NCC. The first kappa shape index (κ1) is 21.6. The topological polar surface area (TPSA) is 53.2 Å². The summed E-state index contributed by atoms with van der Waals surface area (Å²) in [6.07, 6.45) is 7.30. The van der Waals surface area contributed by atoms with E-state index in [1.165, 1.54) is 0 Å². The van der Waals surface area contributed by atoms with Crippen molar-refractivity contribution >= 4 is 5.78 Å². The molecule has 2 atom stereocenters. The molecule has 0 radical (unpaired) electrons. The second-order valence-corrected chi connectivity index (χ2v) is 6.13. The molecule has 22 heavy (non-hydrogen) atoms. The molecule has 0 spiro atoms. The minimum atomic E-state index is 0.0674. The molecule has 0 bridgehead atoms. The Hall–Kier alpha value is -0.450. The molecule has 0 aliphatic rings. The molecule has 0 rings (SSSR count). The lowest BCUT2D eigenvalue weighted by Gasteiger charge is -2.17. The second-order valence-electron chi connectivity index (χ2n) is 6.13. The fraction of sp³-hybridized carbons (Fsp3) is 0.944. The van der Waals surface area contributed by atoms with Gasteiger partial charge in [-0.3, -0.25) is 4.79 Å². The van der Waals surface area contributed by atoms with Crippen LogP contribution < -0.4 is 16.0 Å². The molecule has 0 aromatic heterocycles. The third-order valence-electron chi connectivity index (χ3n) is 4.05. The highest BCUT2D eigenvalue weighted by molar-refractivity contribution is 5.83. The normalized spacial score (nSPS) is 14.0. The zero-order valence-corrected chi connectivity index (χ0v) is 15.3. The molecule has 0 aromatic rings. The maximum absolute atomic E-state index is 12.3. The number of likely N-dealkylation sites (N-methyl/N-ethyl adjacent to an activating group) is 1. The number of nitrogens with one attached hydrogen (secondary N) is 3. The number of Topliss-reactive ketones (excluding diaryl/α,β-unsaturated/α-hetero) is 1. The second kappa shape index (κ2) is 15.4. The van der Waals surface area contributed by atoms with E-state index in [1.807, 2.05) is 0 Å². The Kier molecular flexibility index (Phi) is 15.1. The minimum absolute atomic E-state index is 0.0674. The van der Waals surface area contributed by atoms with Gasteiger partial charge in [-0.05, 0) is 58.8 Å². The van der Waals surface area contributed by atoms with Crippen LogP contribution in [0.5, 0.6) is 0 Å². The van der Waals surface area contributed by atoms with Crippen LogP contribution in [0.1, 0.15) is 72.6 Å². The number of hydrogen-bond acceptors (Lipinski definition) is 4. The molecule has 4 nitrogen and oxygen atoms in total. The van der Waals surface area contributed by atoms with E-state index < -0.39 is 0 Å². The zero-order chi connectivity index (χ0) is 16.6. The largest absolute Gasteiger partial charge is 0.317 e. The van der Waals surface area contributed by atoms with Crippen molar-refractivity contribution in [2.24, 2.45) is 0 Å². The number of ketones is 1. The van der Waals surface area contributed by atoms with Gasteiger partial charge in [0.05, 0.1) is 6.04 Å². The molecule has 0 amide bonds. The minimum Gasteiger partial charge on any atom is -0.317 e. The van der Waals surface area contributed by atoms with Gasteiger partial charge in [0, 0.05) is 12.5 Å². The number of carbonyl (C=O) groups excluding carboxylic acids is 1. The van der Waals surface area contributed by atoms with Crippen LogP contribution in [0.15, 0.2) is 0 Å². The Bertz CT molecular complexity index is 259. The van der Waals surface area contributed by atoms with Gasteiger partial charge in [0.15, 0.2) is 0 Å². The summed E-state index contributed by atoms with van der Waals surface area (Å²) >= 11 is 0. The average Bonchev–Trinajstić information content (AvgIpc) is 2.50. The first-order valence-corrected chi connectivity index (χ1v) is 9.35. The summed E-state index contributed by atoms with van der Waals surface area (Å²) in [6, 6.07) is 0.633. The Morgan fingerprint density at radius 1 is 0.864 bits per heavy atom. The lowest BCUT2D eigenvalue weighted by molar-refractivity contribution is -0.121. The van der Waals surface area contributed by atoms with Gasteiger partial charge < -0.3 is 16.0 Å². The fourth-order valence-corrected chi connectivity index (χ4v) is 2.77. The predicted octanol–water partition coefficient (Wildman–Crippen LogP) is 2.87. The van der Waals surface area contributed by atoms with Crippen molar-refractivity contribution < 1.29 is 4.79 Å². The van der Waals surface area contributed by atoms with Crippen LogP contribution in [0.3, 0.4) is 0 Å². The van der Waals surface area contributed by atoms with Crippen LogP contribution in [0.25, 0.3) is 0 Å². The first-order chi connectivity index (χ1) is 10.7. The fourth-order valence-electron chi connectivity index (χ4n) is 2.77. The number of unbranched alkanes of at least 4 members (excludes halogenated alkanes) is 2. The Labute approximate surface area is 138 Å². The summed E-state index contributed by atoms with van der Waals surface area (Å²) in [6.45, 7) is 12.6. The van der Waals surface area contributed by atoms with Crippen molar-refractivity contribution in [3.63, 3.8) is 0 Å². The summed E-state index contributed by atoms with van der Waals surface area (Å²) in [5, 5.41) is 10.1. The smallest absolute Gasteiger partial charge is 0.149 e. The molecule has 2 unspecified atom stereocenters. The Balaban J connectivity index is 3.83. The molecule has 132 valence electrons. The molecule has 0 saturated heterocycles. The molecule has 0 heterocycles. The molecule has 0 aliphatic carbocycles. The monoisotopic (exact) mass is 313 g/mol. The maximum Gasteiger partial charge on any atom is 0.149 e. The van der Waals surface area contributed by atoms with E-state index in [2.05, 4.69) is 43.6 Å². The highest BCUT2D eigenvalue weighted by Gasteiger charge is 2.16. The molecule has 4 heteroatoms. The quantitative estimate of drug-likeness (QED) is 0.384. The molecular weight excluding hydrogens is 274 g/mol. The summed E-state index contributed by atoms with van der Waals surface area (Å²) in [5.41, 5.74) is 0. The van der Waals surface area contributed by atoms with E-state index in [0.717, 1.165) is 71.1 Å². The Morgan fingerprint density at radius 2 is 1.55 bits per heavy atom. The predicted molar refractivity (Wildman–Crippen MR) is 96.5 cm³/mol. The summed E-state index contributed by atoms with van der Waals surface area (Å²) in [5.74, 6) is 0.404. The van der Waals surface area contributed by atoms with E-state index in [4.69, 9.17) is 0 Å². The number of carbonyl (C=O) groups is 1. The highest BCUT2D eigenvalue weighted by Crippen LogP contribution is 2.09. The van der Waals surface area contributed by atoms with Gasteiger partial charge in [0.2, 0.25) is 0 Å². The molecule has 0 aliphatic heterocycles. The van der Waals surface area contributed by atoms with Crippen molar-refractivity contribution in [1.29, 1.82) is 0 Å². The lowest BCUT2D eigenvalue weighted by Crippen LogP contribution is -2.36. The third kappa shape index (κ3) is 12.1. The van der Waals surface area contributed by atoms with Crippen molar-refractivity contribution in [2.75, 3.05) is 26.2 Å². The van der Waals surface area contributed by atoms with Gasteiger partial charge in [-0.25, -0.2) is 0 Å². The highest BCUT2D eigenvalue weighted by atomic mass is 16.1. The van der Waals surface area contributed by atoms with Crippen molar-refractivity contribution in [1.82, 2.24) is 16.0 Å². The summed E-state index contributed by atoms with van der Waals surface area (Å²) in [7, 11) is 0. The lowest BCUT2D eigenvalue weighted by atomic mass is 9.99. The van der Waals surface area contributed by atoms with Gasteiger partial charge in [0.25, 0.3) is 0 Å². The van der Waals surface area contributed by atoms with Crippen LogP contribution in [0.2, 0.25) is 0 Å². The molecule has 0 saturated carbocycles. The van der Waals surface area contributed by atoms with Gasteiger partial charge >= 0.3 is 0 Å². The summed E-state index contributed by atoms with van der Waals surface area (Å²) < 4.78 is 0. The molecular formula is C18H39N3O. The van der Waals surface area contributed by atoms with Crippen molar-refractivity contribution in [3.05, 3.63) is 0 Å². The van der Waals surface area contributed by atoms with Crippen LogP contribution >= 0.6 is 0 Å². The van der Waals surface area contributed by atoms with Crippen LogP contribution in [0, 0.1) is 0 Å². The van der Waals surface area contributed by atoms with Crippen LogP contribution in [0.4, 0.5) is 0 Å². The summed E-state index contributed by atoms with van der Waals surface area (Å²) in [4.78, 5) is 12.3. The van der Waals surface area contributed by atoms with E-state index in [-0.39, 0.29) is 6.04 Å². The van der Waals surface area contributed by atoms with Gasteiger partial charge in [-0.1, -0.05) is 33.6 Å². The standard InChI is InChI=1S/C18H39N3O/c1-5-19-15-11-10-13-17(21-7-3)18(22)14-9-8-12-16(4)20-6-2/h16-17,19-21H,5-15H2,1-4H3. The van der Waals surface area contributed by atoms with E-state index in [0.29, 0.717) is 11.8 Å². The van der Waals surface area contributed by atoms with Crippen molar-refractivity contribution in [3.8, 4) is 0 Å². The van der Waals surface area contributed by atoms with E-state index in [9.17, 15) is 4.79 Å². The van der Waals surface area contributed by atoms with Gasteiger partial charge in [0.1, 0.15) is 5.78 Å². The maximum atomic E-state index is 12.3.